The first-order valence-corrected chi connectivity index (χ1v) is 21.9. The minimum absolute atomic E-state index is 0.0313. The zero-order valence-corrected chi connectivity index (χ0v) is 38.9. The number of Topliss-reactive ketones (excluding diaryl/α,β-unsaturated/α-hetero) is 2. The van der Waals surface area contributed by atoms with E-state index in [4.69, 9.17) is 29.4 Å². The number of esters is 1. The number of halogens is 2. The molecule has 2 aromatic heterocycles. The largest absolute Gasteiger partial charge is 0.455 e. The van der Waals surface area contributed by atoms with Crippen LogP contribution in [0.25, 0.3) is 11.4 Å². The number of aliphatic hydroxyl groups is 1. The van der Waals surface area contributed by atoms with Gasteiger partial charge in [0.15, 0.2) is 17.7 Å². The summed E-state index contributed by atoms with van der Waals surface area (Å²) in [6, 6.07) is -1.44. The lowest BCUT2D eigenvalue weighted by atomic mass is 9.73. The van der Waals surface area contributed by atoms with Gasteiger partial charge in [0.05, 0.1) is 49.0 Å². The summed E-state index contributed by atoms with van der Waals surface area (Å²) in [5.74, 6) is 0.0162. The molecule has 0 saturated carbocycles. The quantitative estimate of drug-likeness (QED) is 0.218. The van der Waals surface area contributed by atoms with Crippen LogP contribution in [0.15, 0.2) is 18.6 Å². The highest BCUT2D eigenvalue weighted by molar-refractivity contribution is 7.93. The van der Waals surface area contributed by atoms with Crippen LogP contribution in [0.1, 0.15) is 74.7 Å². The summed E-state index contributed by atoms with van der Waals surface area (Å²) in [5, 5.41) is 19.6. The van der Waals surface area contributed by atoms with E-state index in [9.17, 15) is 28.2 Å². The topological polar surface area (TPSA) is 224 Å². The number of nitrogens with two attached hydrogens (primary N) is 1. The molecule has 0 aliphatic carbocycles. The van der Waals surface area contributed by atoms with Crippen molar-refractivity contribution in [1.29, 1.82) is 0 Å². The second-order valence-electron chi connectivity index (χ2n) is 17.2. The summed E-state index contributed by atoms with van der Waals surface area (Å²) < 4.78 is 58.9. The van der Waals surface area contributed by atoms with E-state index >= 15 is 4.39 Å². The SMILES string of the molecule is CC[C@H]1OC(=O)[C@@](C)(F)C(=O)[C@H](C)[C@@H](O[C@@H]2OC(C)CC(N(C)C)C2O)[C@](C)(OC)C[C@@H](C)C(=O)[C@H](C)[C@H]2N(CC#CCn3cc(-c4cncc(N)n4)nn3)C(=O)O[C@]12C.CSF. The summed E-state index contributed by atoms with van der Waals surface area (Å²) in [6.07, 6.45) is 0.0874. The molecule has 0 spiro atoms. The fourth-order valence-electron chi connectivity index (χ4n) is 8.92. The van der Waals surface area contributed by atoms with Gasteiger partial charge in [-0.15, -0.1) is 5.10 Å². The number of amides is 1. The zero-order chi connectivity index (χ0) is 47.2. The van der Waals surface area contributed by atoms with Crippen LogP contribution in [0, 0.1) is 29.6 Å². The van der Waals surface area contributed by atoms with Gasteiger partial charge in [-0.3, -0.25) is 19.5 Å². The van der Waals surface area contributed by atoms with Crippen molar-refractivity contribution in [2.45, 2.75) is 141 Å². The molecule has 3 N–H and O–H groups in total. The maximum Gasteiger partial charge on any atom is 0.411 e. The second kappa shape index (κ2) is 21.1. The van der Waals surface area contributed by atoms with Gasteiger partial charge in [-0.2, -0.15) is 3.89 Å². The van der Waals surface area contributed by atoms with Crippen molar-refractivity contribution in [2.75, 3.05) is 39.7 Å². The Morgan fingerprint density at radius 2 is 1.71 bits per heavy atom. The molecule has 350 valence electrons. The van der Waals surface area contributed by atoms with E-state index in [1.807, 2.05) is 25.9 Å². The molecule has 21 heteroatoms. The number of aliphatic hydroxyl groups excluding tert-OH is 1. The summed E-state index contributed by atoms with van der Waals surface area (Å²) in [4.78, 5) is 67.9. The molecular weight excluding hydrogens is 847 g/mol. The minimum Gasteiger partial charge on any atom is -0.455 e. The molecule has 0 bridgehead atoms. The number of nitrogen functional groups attached to an aromatic ring is 1. The summed E-state index contributed by atoms with van der Waals surface area (Å²) in [7, 11) is 5.00. The zero-order valence-electron chi connectivity index (χ0n) is 38.0. The number of nitrogens with zero attached hydrogens (tertiary/aromatic N) is 7. The first-order valence-electron chi connectivity index (χ1n) is 20.8. The van der Waals surface area contributed by atoms with E-state index < -0.39 is 83.1 Å². The lowest BCUT2D eigenvalue weighted by molar-refractivity contribution is -0.295. The number of alkyl halides is 1. The number of rotatable bonds is 8. The Morgan fingerprint density at radius 3 is 2.32 bits per heavy atom. The van der Waals surface area contributed by atoms with Crippen LogP contribution in [-0.4, -0.2) is 157 Å². The standard InChI is InChI=1S/C41H59FN8O10.CH3FS/c1-12-29-41(8)33(50(38(55)60-41)16-14-13-15-49-21-27(46-47-49)26-19-44-20-30(43)45-26)24(4)31(51)22(2)18-39(6,56-11)35(25(5)34(53)40(7,42)37(54)58-29)59-36-32(52)28(48(9)10)17-23(3)57-36;1-3-2/h19-25,28-29,32-33,35-36,52H,12,15-18H2,1-11H3,(H2,43,45);1H3/t22-,23?,24+,25+,28?,29-,32?,33-,35-,36+,39-,40+,41-;/m1./s1. The van der Waals surface area contributed by atoms with Crippen molar-refractivity contribution in [2.24, 2.45) is 17.8 Å². The van der Waals surface area contributed by atoms with Gasteiger partial charge in [0.2, 0.25) is 0 Å². The number of ketones is 2. The number of cyclic esters (lactones) is 1. The van der Waals surface area contributed by atoms with E-state index in [1.165, 1.54) is 49.2 Å². The van der Waals surface area contributed by atoms with E-state index in [0.29, 0.717) is 17.8 Å². The molecule has 5 heterocycles. The van der Waals surface area contributed by atoms with Crippen molar-refractivity contribution in [3.05, 3.63) is 18.6 Å². The smallest absolute Gasteiger partial charge is 0.411 e. The third-order valence-corrected chi connectivity index (χ3v) is 12.3. The normalized spacial score (nSPS) is 35.4. The second-order valence-corrected chi connectivity index (χ2v) is 17.5. The van der Waals surface area contributed by atoms with Crippen LogP contribution in [0.2, 0.25) is 0 Å². The van der Waals surface area contributed by atoms with Gasteiger partial charge in [-0.25, -0.2) is 23.6 Å². The van der Waals surface area contributed by atoms with Gasteiger partial charge < -0.3 is 39.4 Å². The fraction of sp³-hybridized carbons (Fsp3) is 0.714. The third kappa shape index (κ3) is 11.1. The molecule has 3 unspecified atom stereocenters. The molecule has 1 amide bonds. The van der Waals surface area contributed by atoms with Gasteiger partial charge in [0.25, 0.3) is 5.67 Å². The fourth-order valence-corrected chi connectivity index (χ4v) is 8.92. The Labute approximate surface area is 371 Å². The highest BCUT2D eigenvalue weighted by Gasteiger charge is 2.61. The average molecular weight is 909 g/mol. The molecular formula is C42H62F2N8O10S. The molecule has 63 heavy (non-hydrogen) atoms. The van der Waals surface area contributed by atoms with Crippen LogP contribution in [-0.2, 0) is 44.6 Å². The Morgan fingerprint density at radius 1 is 1.06 bits per heavy atom. The van der Waals surface area contributed by atoms with Crippen molar-refractivity contribution < 1.29 is 56.2 Å². The summed E-state index contributed by atoms with van der Waals surface area (Å²) in [6.45, 7) is 12.1. The number of ether oxygens (including phenoxy) is 5. The molecule has 18 nitrogen and oxygen atoms in total. The van der Waals surface area contributed by atoms with Crippen LogP contribution in [0.3, 0.4) is 0 Å². The predicted molar refractivity (Wildman–Crippen MR) is 228 cm³/mol. The highest BCUT2D eigenvalue weighted by Crippen LogP contribution is 2.43. The Kier molecular flexibility index (Phi) is 17.2. The molecule has 0 aromatic carbocycles. The number of aromatic nitrogens is 5. The van der Waals surface area contributed by atoms with Gasteiger partial charge >= 0.3 is 12.1 Å². The molecule has 3 aliphatic heterocycles. The van der Waals surface area contributed by atoms with Gasteiger partial charge in [0.1, 0.15) is 41.7 Å². The third-order valence-electron chi connectivity index (χ3n) is 12.3. The first-order chi connectivity index (χ1) is 29.5. The number of likely N-dealkylation sites (N-methyl/N-ethyl adjacent to an activating group) is 1. The van der Waals surface area contributed by atoms with Gasteiger partial charge in [-0.05, 0) is 61.1 Å². The van der Waals surface area contributed by atoms with Gasteiger partial charge in [0, 0.05) is 49.3 Å². The Hall–Kier alpha value is -4.33. The number of carbonyl (C=O) groups excluding carboxylic acids is 4. The number of carbonyl (C=O) groups is 4. The number of hydrogen-bond donors (Lipinski definition) is 2. The van der Waals surface area contributed by atoms with E-state index in [2.05, 4.69) is 32.1 Å². The first kappa shape index (κ1) is 51.3. The van der Waals surface area contributed by atoms with Crippen LogP contribution >= 0.6 is 12.1 Å². The molecule has 3 aliphatic rings. The van der Waals surface area contributed by atoms with Crippen molar-refractivity contribution in [3.8, 4) is 23.2 Å². The molecule has 3 saturated heterocycles. The number of fused-ring (bicyclic) bond motifs is 1. The number of methoxy groups -OCH3 is 1. The monoisotopic (exact) mass is 908 g/mol. The van der Waals surface area contributed by atoms with Crippen molar-refractivity contribution in [3.63, 3.8) is 0 Å². The molecule has 5 rings (SSSR count). The maximum atomic E-state index is 16.9. The molecule has 0 radical (unpaired) electrons. The highest BCUT2D eigenvalue weighted by atomic mass is 32.2. The summed E-state index contributed by atoms with van der Waals surface area (Å²) >= 11 is 0.250. The van der Waals surface area contributed by atoms with Crippen molar-refractivity contribution >= 4 is 41.6 Å². The molecule has 13 atom stereocenters. The maximum absolute atomic E-state index is 16.9. The van der Waals surface area contributed by atoms with Crippen LogP contribution in [0.5, 0.6) is 0 Å². The summed E-state index contributed by atoms with van der Waals surface area (Å²) in [5.41, 5.74) is 0.200. The average Bonchev–Trinajstić information content (AvgIpc) is 3.81. The van der Waals surface area contributed by atoms with E-state index in [-0.39, 0.29) is 61.8 Å². The Balaban J connectivity index is 0.00000282. The van der Waals surface area contributed by atoms with Gasteiger partial charge in [-0.1, -0.05) is 44.7 Å². The lowest BCUT2D eigenvalue weighted by Gasteiger charge is -2.47. The lowest BCUT2D eigenvalue weighted by Crippen LogP contribution is -2.61. The van der Waals surface area contributed by atoms with E-state index in [0.717, 1.165) is 6.92 Å². The Bertz CT molecular complexity index is 2000. The van der Waals surface area contributed by atoms with Crippen LogP contribution < -0.4 is 5.73 Å². The van der Waals surface area contributed by atoms with Crippen molar-refractivity contribution in [1.82, 2.24) is 34.8 Å². The number of hydrogen-bond acceptors (Lipinski definition) is 17. The van der Waals surface area contributed by atoms with Crippen LogP contribution in [0.4, 0.5) is 18.9 Å². The minimum atomic E-state index is -3.22. The van der Waals surface area contributed by atoms with E-state index in [1.54, 1.807) is 33.9 Å². The molecule has 3 fully saturated rings. The molecule has 2 aromatic rings. The number of anilines is 1. The predicted octanol–water partition coefficient (Wildman–Crippen LogP) is 3.85.